The van der Waals surface area contributed by atoms with Crippen LogP contribution in [0.25, 0.3) is 0 Å². The van der Waals surface area contributed by atoms with Gasteiger partial charge in [0.05, 0.1) is 20.8 Å². The summed E-state index contributed by atoms with van der Waals surface area (Å²) in [5.41, 5.74) is 3.46. The second kappa shape index (κ2) is 7.84. The van der Waals surface area contributed by atoms with Crippen LogP contribution in [0.3, 0.4) is 0 Å². The molecule has 28 heavy (non-hydrogen) atoms. The number of hydrogen-bond acceptors (Lipinski definition) is 4. The van der Waals surface area contributed by atoms with Gasteiger partial charge in [-0.15, -0.1) is 0 Å². The third kappa shape index (κ3) is 3.35. The molecule has 5 heteroatoms. The number of rotatable bonds is 5. The van der Waals surface area contributed by atoms with E-state index >= 15 is 0 Å². The van der Waals surface area contributed by atoms with E-state index in [4.69, 9.17) is 9.47 Å². The number of carbonyl (C=O) groups is 1. The number of amides is 1. The quantitative estimate of drug-likeness (QED) is 0.791. The van der Waals surface area contributed by atoms with E-state index in [-0.39, 0.29) is 18.0 Å². The Labute approximate surface area is 166 Å². The van der Waals surface area contributed by atoms with Gasteiger partial charge in [0.2, 0.25) is 5.91 Å². The molecule has 2 heterocycles. The van der Waals surface area contributed by atoms with Gasteiger partial charge in [-0.05, 0) is 50.4 Å². The SMILES string of the molecule is COc1ccc([C@@H]2CCCN2CC(=O)N2c3ccccc3C[C@@H]2C)c(OC)c1. The maximum absolute atomic E-state index is 13.2. The zero-order valence-electron chi connectivity index (χ0n) is 16.9. The molecule has 1 saturated heterocycles. The molecule has 2 aromatic rings. The van der Waals surface area contributed by atoms with Crippen molar-refractivity contribution in [3.8, 4) is 11.5 Å². The van der Waals surface area contributed by atoms with Gasteiger partial charge in [0.25, 0.3) is 0 Å². The van der Waals surface area contributed by atoms with Crippen molar-refractivity contribution >= 4 is 11.6 Å². The van der Waals surface area contributed by atoms with Gasteiger partial charge in [-0.3, -0.25) is 9.69 Å². The zero-order chi connectivity index (χ0) is 19.7. The van der Waals surface area contributed by atoms with Gasteiger partial charge in [0, 0.05) is 29.4 Å². The normalized spacial score (nSPS) is 21.6. The number of ether oxygens (including phenoxy) is 2. The highest BCUT2D eigenvalue weighted by atomic mass is 16.5. The summed E-state index contributed by atoms with van der Waals surface area (Å²) in [6, 6.07) is 14.6. The first kappa shape index (κ1) is 18.8. The summed E-state index contributed by atoms with van der Waals surface area (Å²) in [5.74, 6) is 1.78. The standard InChI is InChI=1S/C23H28N2O3/c1-16-13-17-7-4-5-8-20(17)25(16)23(26)15-24-12-6-9-21(24)19-11-10-18(27-2)14-22(19)28-3/h4-5,7-8,10-11,14,16,21H,6,9,12-13,15H2,1-3H3/t16-,21-/m0/s1. The fourth-order valence-electron chi connectivity index (χ4n) is 4.66. The number of fused-ring (bicyclic) bond motifs is 1. The van der Waals surface area contributed by atoms with E-state index in [2.05, 4.69) is 30.0 Å². The van der Waals surface area contributed by atoms with Gasteiger partial charge in [0.15, 0.2) is 0 Å². The van der Waals surface area contributed by atoms with Crippen LogP contribution in [-0.4, -0.2) is 44.2 Å². The molecule has 0 saturated carbocycles. The summed E-state index contributed by atoms with van der Waals surface area (Å²) in [7, 11) is 3.34. The number of para-hydroxylation sites is 1. The first-order chi connectivity index (χ1) is 13.6. The molecule has 0 radical (unpaired) electrons. The smallest absolute Gasteiger partial charge is 0.241 e. The number of likely N-dealkylation sites (tertiary alicyclic amines) is 1. The van der Waals surface area contributed by atoms with E-state index in [1.807, 2.05) is 29.2 Å². The number of hydrogen-bond donors (Lipinski definition) is 0. The second-order valence-electron chi connectivity index (χ2n) is 7.68. The monoisotopic (exact) mass is 380 g/mol. The van der Waals surface area contributed by atoms with Gasteiger partial charge in [-0.2, -0.15) is 0 Å². The van der Waals surface area contributed by atoms with Crippen LogP contribution in [0.2, 0.25) is 0 Å². The van der Waals surface area contributed by atoms with Crippen molar-refractivity contribution in [2.24, 2.45) is 0 Å². The Morgan fingerprint density at radius 2 is 1.96 bits per heavy atom. The minimum atomic E-state index is 0.178. The fraction of sp³-hybridized carbons (Fsp3) is 0.435. The van der Waals surface area contributed by atoms with Crippen LogP contribution in [0.15, 0.2) is 42.5 Å². The van der Waals surface area contributed by atoms with Crippen LogP contribution in [-0.2, 0) is 11.2 Å². The Hall–Kier alpha value is -2.53. The average Bonchev–Trinajstić information content (AvgIpc) is 3.30. The van der Waals surface area contributed by atoms with Crippen molar-refractivity contribution in [2.45, 2.75) is 38.3 Å². The molecule has 0 N–H and O–H groups in total. The molecule has 5 nitrogen and oxygen atoms in total. The topological polar surface area (TPSA) is 42.0 Å². The summed E-state index contributed by atoms with van der Waals surface area (Å²) in [4.78, 5) is 17.5. The average molecular weight is 380 g/mol. The lowest BCUT2D eigenvalue weighted by molar-refractivity contribution is -0.120. The molecule has 1 fully saturated rings. The first-order valence-electron chi connectivity index (χ1n) is 9.98. The van der Waals surface area contributed by atoms with Gasteiger partial charge < -0.3 is 14.4 Å². The van der Waals surface area contributed by atoms with Crippen molar-refractivity contribution in [1.29, 1.82) is 0 Å². The molecule has 1 amide bonds. The molecule has 0 aromatic heterocycles. The highest BCUT2D eigenvalue weighted by molar-refractivity contribution is 5.97. The molecule has 148 valence electrons. The van der Waals surface area contributed by atoms with Crippen LogP contribution in [0, 0.1) is 0 Å². The molecule has 4 rings (SSSR count). The lowest BCUT2D eigenvalue weighted by Gasteiger charge is -2.29. The minimum Gasteiger partial charge on any atom is -0.497 e. The minimum absolute atomic E-state index is 0.178. The fourth-order valence-corrected chi connectivity index (χ4v) is 4.66. The van der Waals surface area contributed by atoms with Crippen molar-refractivity contribution in [2.75, 3.05) is 32.2 Å². The van der Waals surface area contributed by atoms with Crippen LogP contribution >= 0.6 is 0 Å². The van der Waals surface area contributed by atoms with E-state index in [0.717, 1.165) is 48.6 Å². The maximum atomic E-state index is 13.2. The Balaban J connectivity index is 1.54. The number of carbonyl (C=O) groups excluding carboxylic acids is 1. The summed E-state index contributed by atoms with van der Waals surface area (Å²) < 4.78 is 10.9. The second-order valence-corrected chi connectivity index (χ2v) is 7.68. The molecule has 2 atom stereocenters. The number of nitrogens with zero attached hydrogens (tertiary/aromatic N) is 2. The molecular formula is C23H28N2O3. The van der Waals surface area contributed by atoms with Crippen LogP contribution in [0.1, 0.15) is 36.9 Å². The largest absolute Gasteiger partial charge is 0.497 e. The third-order valence-electron chi connectivity index (χ3n) is 5.98. The molecule has 2 aliphatic rings. The van der Waals surface area contributed by atoms with Crippen molar-refractivity contribution in [3.05, 3.63) is 53.6 Å². The molecule has 0 bridgehead atoms. The van der Waals surface area contributed by atoms with E-state index in [9.17, 15) is 4.79 Å². The van der Waals surface area contributed by atoms with E-state index < -0.39 is 0 Å². The third-order valence-corrected chi connectivity index (χ3v) is 5.98. The Kier molecular flexibility index (Phi) is 5.27. The first-order valence-corrected chi connectivity index (χ1v) is 9.98. The molecule has 2 aliphatic heterocycles. The predicted octanol–water partition coefficient (Wildman–Crippen LogP) is 3.82. The maximum Gasteiger partial charge on any atom is 0.241 e. The molecular weight excluding hydrogens is 352 g/mol. The summed E-state index contributed by atoms with van der Waals surface area (Å²) in [5, 5.41) is 0. The highest BCUT2D eigenvalue weighted by Gasteiger charge is 2.35. The molecule has 0 unspecified atom stereocenters. The van der Waals surface area contributed by atoms with Crippen LogP contribution in [0.5, 0.6) is 11.5 Å². The number of anilines is 1. The molecule has 2 aromatic carbocycles. The highest BCUT2D eigenvalue weighted by Crippen LogP contribution is 2.39. The van der Waals surface area contributed by atoms with Gasteiger partial charge >= 0.3 is 0 Å². The van der Waals surface area contributed by atoms with Crippen LogP contribution in [0.4, 0.5) is 5.69 Å². The lowest BCUT2D eigenvalue weighted by Crippen LogP contribution is -2.43. The predicted molar refractivity (Wildman–Crippen MR) is 110 cm³/mol. The summed E-state index contributed by atoms with van der Waals surface area (Å²) >= 11 is 0. The number of benzene rings is 2. The van der Waals surface area contributed by atoms with E-state index in [0.29, 0.717) is 6.54 Å². The lowest BCUT2D eigenvalue weighted by atomic mass is 10.0. The van der Waals surface area contributed by atoms with Crippen molar-refractivity contribution < 1.29 is 14.3 Å². The Morgan fingerprint density at radius 1 is 1.14 bits per heavy atom. The van der Waals surface area contributed by atoms with Gasteiger partial charge in [0.1, 0.15) is 11.5 Å². The Morgan fingerprint density at radius 3 is 2.75 bits per heavy atom. The van der Waals surface area contributed by atoms with E-state index in [1.165, 1.54) is 5.56 Å². The van der Waals surface area contributed by atoms with Gasteiger partial charge in [-0.1, -0.05) is 24.3 Å². The Bertz CT molecular complexity index is 867. The molecule has 0 aliphatic carbocycles. The van der Waals surface area contributed by atoms with Crippen molar-refractivity contribution in [1.82, 2.24) is 4.90 Å². The zero-order valence-corrected chi connectivity index (χ0v) is 16.9. The van der Waals surface area contributed by atoms with Gasteiger partial charge in [-0.25, -0.2) is 0 Å². The molecule has 0 spiro atoms. The van der Waals surface area contributed by atoms with Crippen molar-refractivity contribution in [3.63, 3.8) is 0 Å². The van der Waals surface area contributed by atoms with Crippen LogP contribution < -0.4 is 14.4 Å². The number of methoxy groups -OCH3 is 2. The summed E-state index contributed by atoms with van der Waals surface area (Å²) in [6.45, 7) is 3.49. The summed E-state index contributed by atoms with van der Waals surface area (Å²) in [6.07, 6.45) is 3.04. The van der Waals surface area contributed by atoms with E-state index in [1.54, 1.807) is 14.2 Å².